The van der Waals surface area contributed by atoms with Crippen molar-refractivity contribution in [3.63, 3.8) is 0 Å². The molecular weight excluding hydrogens is 426 g/mol. The molecule has 0 aliphatic carbocycles. The molecular formula is C25H29NO7. The van der Waals surface area contributed by atoms with E-state index in [0.717, 1.165) is 6.42 Å². The van der Waals surface area contributed by atoms with Gasteiger partial charge in [0.15, 0.2) is 11.5 Å². The van der Waals surface area contributed by atoms with Crippen LogP contribution in [-0.4, -0.2) is 56.7 Å². The lowest BCUT2D eigenvalue weighted by Gasteiger charge is -2.27. The minimum atomic E-state index is -0.879. The van der Waals surface area contributed by atoms with Gasteiger partial charge in [-0.15, -0.1) is 0 Å². The number of para-hydroxylation sites is 1. The number of Topliss-reactive ketones (excluding diaryl/α,β-unsaturated/α-hetero) is 1. The summed E-state index contributed by atoms with van der Waals surface area (Å²) in [7, 11) is 5.90. The van der Waals surface area contributed by atoms with E-state index in [2.05, 4.69) is 0 Å². The van der Waals surface area contributed by atoms with Gasteiger partial charge in [-0.2, -0.15) is 0 Å². The monoisotopic (exact) mass is 455 g/mol. The second kappa shape index (κ2) is 10.3. The summed E-state index contributed by atoms with van der Waals surface area (Å²) in [5.74, 6) is -0.403. The predicted molar refractivity (Wildman–Crippen MR) is 123 cm³/mol. The molecule has 1 unspecified atom stereocenters. The van der Waals surface area contributed by atoms with Gasteiger partial charge in [-0.1, -0.05) is 31.5 Å². The third kappa shape index (κ3) is 4.20. The Hall–Kier alpha value is -3.68. The van der Waals surface area contributed by atoms with E-state index in [1.54, 1.807) is 36.4 Å². The zero-order valence-corrected chi connectivity index (χ0v) is 19.5. The quantitative estimate of drug-likeness (QED) is 0.348. The van der Waals surface area contributed by atoms with Crippen LogP contribution in [0, 0.1) is 0 Å². The molecule has 8 nitrogen and oxygen atoms in total. The highest BCUT2D eigenvalue weighted by Crippen LogP contribution is 2.47. The summed E-state index contributed by atoms with van der Waals surface area (Å²) >= 11 is 0. The highest BCUT2D eigenvalue weighted by atomic mass is 16.5. The molecule has 0 saturated carbocycles. The van der Waals surface area contributed by atoms with Crippen LogP contribution in [0.25, 0.3) is 5.76 Å². The lowest BCUT2D eigenvalue weighted by atomic mass is 9.93. The van der Waals surface area contributed by atoms with Gasteiger partial charge in [-0.3, -0.25) is 9.59 Å². The van der Waals surface area contributed by atoms with Crippen molar-refractivity contribution in [2.24, 2.45) is 0 Å². The summed E-state index contributed by atoms with van der Waals surface area (Å²) in [6.45, 7) is 2.34. The lowest BCUT2D eigenvalue weighted by molar-refractivity contribution is -0.139. The molecule has 0 radical (unpaired) electrons. The largest absolute Gasteiger partial charge is 0.506 e. The van der Waals surface area contributed by atoms with Crippen molar-refractivity contribution < 1.29 is 33.6 Å². The summed E-state index contributed by atoms with van der Waals surface area (Å²) in [5, 5.41) is 11.4. The topological polar surface area (TPSA) is 94.5 Å². The molecule has 8 heteroatoms. The number of unbranched alkanes of at least 4 members (excludes halogenated alkanes) is 1. The average molecular weight is 456 g/mol. The number of nitrogens with zero attached hydrogens (tertiary/aromatic N) is 1. The minimum absolute atomic E-state index is 0.0644. The molecule has 1 aliphatic heterocycles. The molecule has 33 heavy (non-hydrogen) atoms. The molecule has 1 fully saturated rings. The predicted octanol–water partition coefficient (Wildman–Crippen LogP) is 3.94. The number of methoxy groups -OCH3 is 4. The first-order valence-electron chi connectivity index (χ1n) is 10.7. The number of ether oxygens (including phenoxy) is 4. The standard InChI is InChI=1S/C25H29NO7/c1-6-7-14-26-21(15-10-8-13-18(32-4)24(15)33-5)20(23(28)25(26)29)22(27)19-16(30-2)11-9-12-17(19)31-3/h8-13,21,27H,6-7,14H2,1-5H3/b22-20+. The van der Waals surface area contributed by atoms with Crippen LogP contribution in [0.5, 0.6) is 23.0 Å². The first-order valence-corrected chi connectivity index (χ1v) is 10.7. The Morgan fingerprint density at radius 1 is 0.909 bits per heavy atom. The molecule has 176 valence electrons. The minimum Gasteiger partial charge on any atom is -0.506 e. The third-order valence-electron chi connectivity index (χ3n) is 5.69. The number of aliphatic hydroxyl groups is 1. The Kier molecular flexibility index (Phi) is 7.48. The molecule has 2 aromatic carbocycles. The molecule has 1 amide bonds. The van der Waals surface area contributed by atoms with Gasteiger partial charge in [0.1, 0.15) is 22.8 Å². The summed E-state index contributed by atoms with van der Waals surface area (Å²) in [4.78, 5) is 27.8. The Labute approximate surface area is 193 Å². The molecule has 1 aliphatic rings. The molecule has 0 aromatic heterocycles. The van der Waals surface area contributed by atoms with Gasteiger partial charge >= 0.3 is 0 Å². The number of ketones is 1. The molecule has 0 bridgehead atoms. The summed E-state index contributed by atoms with van der Waals surface area (Å²) < 4.78 is 21.9. The second-order valence-corrected chi connectivity index (χ2v) is 7.47. The molecule has 2 aromatic rings. The van der Waals surface area contributed by atoms with Crippen LogP contribution in [0.2, 0.25) is 0 Å². The van der Waals surface area contributed by atoms with Crippen molar-refractivity contribution in [3.05, 3.63) is 53.1 Å². The number of amides is 1. The van der Waals surface area contributed by atoms with Crippen molar-refractivity contribution in [2.75, 3.05) is 35.0 Å². The Morgan fingerprint density at radius 3 is 2.03 bits per heavy atom. The van der Waals surface area contributed by atoms with Gasteiger partial charge < -0.3 is 29.0 Å². The van der Waals surface area contributed by atoms with Crippen LogP contribution in [0.3, 0.4) is 0 Å². The van der Waals surface area contributed by atoms with Crippen LogP contribution >= 0.6 is 0 Å². The maximum absolute atomic E-state index is 13.3. The van der Waals surface area contributed by atoms with Crippen molar-refractivity contribution in [2.45, 2.75) is 25.8 Å². The summed E-state index contributed by atoms with van der Waals surface area (Å²) in [6.07, 6.45) is 1.51. The van der Waals surface area contributed by atoms with Gasteiger partial charge in [-0.05, 0) is 24.6 Å². The number of carbonyl (C=O) groups excluding carboxylic acids is 2. The van der Waals surface area contributed by atoms with Gasteiger partial charge in [-0.25, -0.2) is 0 Å². The fraction of sp³-hybridized carbons (Fsp3) is 0.360. The maximum atomic E-state index is 13.3. The zero-order valence-electron chi connectivity index (χ0n) is 19.5. The fourth-order valence-corrected chi connectivity index (χ4v) is 4.11. The molecule has 1 saturated heterocycles. The Balaban J connectivity index is 2.34. The van der Waals surface area contributed by atoms with Crippen LogP contribution in [0.1, 0.15) is 36.9 Å². The van der Waals surface area contributed by atoms with Crippen molar-refractivity contribution in [1.82, 2.24) is 4.90 Å². The van der Waals surface area contributed by atoms with E-state index in [4.69, 9.17) is 18.9 Å². The van der Waals surface area contributed by atoms with E-state index < -0.39 is 17.7 Å². The van der Waals surface area contributed by atoms with Crippen LogP contribution < -0.4 is 18.9 Å². The Morgan fingerprint density at radius 2 is 1.48 bits per heavy atom. The molecule has 0 spiro atoms. The highest BCUT2D eigenvalue weighted by molar-refractivity contribution is 6.46. The third-order valence-corrected chi connectivity index (χ3v) is 5.69. The maximum Gasteiger partial charge on any atom is 0.295 e. The van der Waals surface area contributed by atoms with E-state index in [1.807, 2.05) is 6.92 Å². The molecule has 3 rings (SSSR count). The van der Waals surface area contributed by atoms with Gasteiger partial charge in [0.2, 0.25) is 0 Å². The van der Waals surface area contributed by atoms with Crippen LogP contribution in [0.4, 0.5) is 0 Å². The average Bonchev–Trinajstić information content (AvgIpc) is 3.10. The van der Waals surface area contributed by atoms with E-state index >= 15 is 0 Å². The van der Waals surface area contributed by atoms with Crippen LogP contribution in [-0.2, 0) is 9.59 Å². The molecule has 1 heterocycles. The zero-order chi connectivity index (χ0) is 24.1. The highest BCUT2D eigenvalue weighted by Gasteiger charge is 2.47. The van der Waals surface area contributed by atoms with Crippen molar-refractivity contribution in [3.8, 4) is 23.0 Å². The number of hydrogen-bond acceptors (Lipinski definition) is 7. The number of benzene rings is 2. The second-order valence-electron chi connectivity index (χ2n) is 7.47. The summed E-state index contributed by atoms with van der Waals surface area (Å²) in [6, 6.07) is 9.35. The van der Waals surface area contributed by atoms with Gasteiger partial charge in [0.25, 0.3) is 11.7 Å². The smallest absolute Gasteiger partial charge is 0.295 e. The number of likely N-dealkylation sites (tertiary alicyclic amines) is 1. The first kappa shape index (κ1) is 24.0. The molecule has 1 N–H and O–H groups in total. The molecule has 1 atom stereocenters. The normalized spacial score (nSPS) is 17.2. The van der Waals surface area contributed by atoms with Crippen molar-refractivity contribution in [1.29, 1.82) is 0 Å². The fourth-order valence-electron chi connectivity index (χ4n) is 4.11. The van der Waals surface area contributed by atoms with Gasteiger partial charge in [0.05, 0.1) is 40.1 Å². The van der Waals surface area contributed by atoms with Gasteiger partial charge in [0, 0.05) is 12.1 Å². The first-order chi connectivity index (χ1) is 15.9. The number of rotatable bonds is 9. The summed E-state index contributed by atoms with van der Waals surface area (Å²) in [5.41, 5.74) is 0.663. The number of aliphatic hydroxyl groups excluding tert-OH is 1. The van der Waals surface area contributed by atoms with Crippen molar-refractivity contribution >= 4 is 17.4 Å². The van der Waals surface area contributed by atoms with Crippen LogP contribution in [0.15, 0.2) is 42.0 Å². The van der Waals surface area contributed by atoms with E-state index in [0.29, 0.717) is 41.5 Å². The van der Waals surface area contributed by atoms with E-state index in [1.165, 1.54) is 33.3 Å². The number of hydrogen-bond donors (Lipinski definition) is 1. The lowest BCUT2D eigenvalue weighted by Crippen LogP contribution is -2.30. The Bertz CT molecular complexity index is 1050. The van der Waals surface area contributed by atoms with E-state index in [-0.39, 0.29) is 16.9 Å². The van der Waals surface area contributed by atoms with E-state index in [9.17, 15) is 14.7 Å². The number of carbonyl (C=O) groups is 2. The SMILES string of the molecule is CCCCN1C(=O)C(=O)/C(=C(/O)c2c(OC)cccc2OC)C1c1cccc(OC)c1OC.